The number of rotatable bonds is 5. The highest BCUT2D eigenvalue weighted by molar-refractivity contribution is 5.90. The summed E-state index contributed by atoms with van der Waals surface area (Å²) in [7, 11) is 2.93. The summed E-state index contributed by atoms with van der Waals surface area (Å²) in [5, 5.41) is 3.01. The van der Waals surface area contributed by atoms with E-state index >= 15 is 0 Å². The summed E-state index contributed by atoms with van der Waals surface area (Å²) in [5.74, 6) is -3.73. The van der Waals surface area contributed by atoms with Gasteiger partial charge < -0.3 is 14.2 Å². The molecule has 13 heteroatoms. The molecule has 0 atom stereocenters. The SMILES string of the molecule is COc1cc(OC)c2nc(Nc3nc(OC(=O)C(F)(F)F)c4cccc(F)c4n3)nc(C)c2c1. The molecule has 0 saturated carbocycles. The van der Waals surface area contributed by atoms with E-state index in [0.717, 1.165) is 6.07 Å². The van der Waals surface area contributed by atoms with Gasteiger partial charge in [0.05, 0.1) is 25.3 Å². The monoisotopic (exact) mass is 477 g/mol. The van der Waals surface area contributed by atoms with Crippen molar-refractivity contribution in [3.05, 3.63) is 41.8 Å². The number of aryl methyl sites for hydroxylation is 1. The molecule has 0 bridgehead atoms. The van der Waals surface area contributed by atoms with E-state index in [1.165, 1.54) is 26.4 Å². The maximum Gasteiger partial charge on any atom is 0.491 e. The molecule has 0 aliphatic carbocycles. The number of esters is 1. The average Bonchev–Trinajstić information content (AvgIpc) is 2.78. The smallest absolute Gasteiger partial charge is 0.491 e. The van der Waals surface area contributed by atoms with E-state index in [0.29, 0.717) is 28.1 Å². The van der Waals surface area contributed by atoms with Gasteiger partial charge in [0.25, 0.3) is 0 Å². The second-order valence-electron chi connectivity index (χ2n) is 6.86. The second-order valence-corrected chi connectivity index (χ2v) is 6.86. The van der Waals surface area contributed by atoms with Gasteiger partial charge in [0.2, 0.25) is 17.8 Å². The molecular weight excluding hydrogens is 462 g/mol. The lowest BCUT2D eigenvalue weighted by molar-refractivity contribution is -0.189. The first-order valence-electron chi connectivity index (χ1n) is 9.53. The van der Waals surface area contributed by atoms with Gasteiger partial charge in [-0.05, 0) is 25.1 Å². The first-order chi connectivity index (χ1) is 16.1. The minimum absolute atomic E-state index is 0.0581. The van der Waals surface area contributed by atoms with Gasteiger partial charge in [-0.25, -0.2) is 24.1 Å². The lowest BCUT2D eigenvalue weighted by Crippen LogP contribution is -2.28. The molecule has 0 amide bonds. The molecule has 0 spiro atoms. The number of ether oxygens (including phenoxy) is 3. The summed E-state index contributed by atoms with van der Waals surface area (Å²) in [6, 6.07) is 6.79. The number of carbonyl (C=O) groups excluding carboxylic acids is 1. The number of fused-ring (bicyclic) bond motifs is 2. The van der Waals surface area contributed by atoms with E-state index < -0.39 is 29.8 Å². The predicted molar refractivity (Wildman–Crippen MR) is 112 cm³/mol. The molecule has 0 unspecified atom stereocenters. The van der Waals surface area contributed by atoms with Crippen molar-refractivity contribution in [2.45, 2.75) is 13.1 Å². The number of carbonyl (C=O) groups is 1. The minimum Gasteiger partial charge on any atom is -0.497 e. The molecule has 4 rings (SSSR count). The third kappa shape index (κ3) is 4.31. The number of halogens is 4. The molecule has 0 aliphatic rings. The lowest BCUT2D eigenvalue weighted by Gasteiger charge is -2.13. The fourth-order valence-corrected chi connectivity index (χ4v) is 3.12. The van der Waals surface area contributed by atoms with Crippen LogP contribution in [0.3, 0.4) is 0 Å². The number of anilines is 2. The first-order valence-corrected chi connectivity index (χ1v) is 9.53. The molecule has 176 valence electrons. The molecule has 34 heavy (non-hydrogen) atoms. The molecule has 0 fully saturated rings. The van der Waals surface area contributed by atoms with E-state index in [1.807, 2.05) is 0 Å². The number of para-hydroxylation sites is 1. The topological polar surface area (TPSA) is 108 Å². The van der Waals surface area contributed by atoms with Crippen molar-refractivity contribution in [3.63, 3.8) is 0 Å². The zero-order valence-electron chi connectivity index (χ0n) is 17.8. The highest BCUT2D eigenvalue weighted by atomic mass is 19.4. The summed E-state index contributed by atoms with van der Waals surface area (Å²) in [6.45, 7) is 1.69. The quantitative estimate of drug-likeness (QED) is 0.333. The first kappa shape index (κ1) is 22.9. The Morgan fingerprint density at radius 2 is 1.65 bits per heavy atom. The van der Waals surface area contributed by atoms with Gasteiger partial charge >= 0.3 is 12.1 Å². The van der Waals surface area contributed by atoms with E-state index in [1.54, 1.807) is 19.1 Å². The van der Waals surface area contributed by atoms with E-state index in [9.17, 15) is 22.4 Å². The summed E-state index contributed by atoms with van der Waals surface area (Å²) < 4.78 is 67.5. The van der Waals surface area contributed by atoms with E-state index in [-0.39, 0.29) is 16.9 Å². The standard InChI is InChI=1S/C21H15F4N5O4/c1-9-12-7-10(32-2)8-14(33-3)16(12)28-19(26-9)30-20-27-15-11(5-4-6-13(15)22)17(29-20)34-18(31)21(23,24)25/h4-8H,1-3H3,(H,26,27,28,29,30). The van der Waals surface area contributed by atoms with Gasteiger partial charge in [0.15, 0.2) is 0 Å². The van der Waals surface area contributed by atoms with Crippen molar-refractivity contribution in [1.29, 1.82) is 0 Å². The lowest BCUT2D eigenvalue weighted by atomic mass is 10.1. The van der Waals surface area contributed by atoms with Crippen LogP contribution in [0.1, 0.15) is 5.69 Å². The maximum absolute atomic E-state index is 14.4. The zero-order valence-corrected chi connectivity index (χ0v) is 17.8. The van der Waals surface area contributed by atoms with Crippen molar-refractivity contribution >= 4 is 39.7 Å². The molecule has 0 aliphatic heterocycles. The van der Waals surface area contributed by atoms with Crippen molar-refractivity contribution in [3.8, 4) is 17.4 Å². The average molecular weight is 477 g/mol. The van der Waals surface area contributed by atoms with Crippen molar-refractivity contribution < 1.29 is 36.6 Å². The van der Waals surface area contributed by atoms with Gasteiger partial charge in [-0.3, -0.25) is 5.32 Å². The zero-order chi connectivity index (χ0) is 24.6. The van der Waals surface area contributed by atoms with Crippen LogP contribution < -0.4 is 19.5 Å². The normalized spacial score (nSPS) is 11.5. The Kier molecular flexibility index (Phi) is 5.77. The fourth-order valence-electron chi connectivity index (χ4n) is 3.12. The van der Waals surface area contributed by atoms with Crippen LogP contribution >= 0.6 is 0 Å². The van der Waals surface area contributed by atoms with Crippen LogP contribution in [0, 0.1) is 12.7 Å². The van der Waals surface area contributed by atoms with Gasteiger partial charge in [0, 0.05) is 11.5 Å². The van der Waals surface area contributed by atoms with Crippen LogP contribution in [0.25, 0.3) is 21.8 Å². The second kappa shape index (κ2) is 8.57. The molecule has 2 aromatic carbocycles. The number of nitrogens with zero attached hydrogens (tertiary/aromatic N) is 4. The number of hydrogen-bond acceptors (Lipinski definition) is 9. The Labute approximate surface area is 188 Å². The number of aromatic nitrogens is 4. The predicted octanol–water partition coefficient (Wildman–Crippen LogP) is 4.25. The highest BCUT2D eigenvalue weighted by Crippen LogP contribution is 2.33. The fraction of sp³-hybridized carbons (Fsp3) is 0.190. The third-order valence-corrected chi connectivity index (χ3v) is 4.67. The van der Waals surface area contributed by atoms with Gasteiger partial charge in [-0.15, -0.1) is 0 Å². The van der Waals surface area contributed by atoms with Crippen molar-refractivity contribution in [2.75, 3.05) is 19.5 Å². The molecular formula is C21H15F4N5O4. The Hall–Kier alpha value is -4.29. The van der Waals surface area contributed by atoms with Crippen LogP contribution in [0.5, 0.6) is 17.4 Å². The maximum atomic E-state index is 14.4. The summed E-state index contributed by atoms with van der Waals surface area (Å²) in [4.78, 5) is 27.8. The van der Waals surface area contributed by atoms with Gasteiger partial charge in [0.1, 0.15) is 28.3 Å². The minimum atomic E-state index is -5.28. The number of benzene rings is 2. The molecule has 0 radical (unpaired) electrons. The van der Waals surface area contributed by atoms with Crippen molar-refractivity contribution in [2.24, 2.45) is 0 Å². The molecule has 0 saturated heterocycles. The molecule has 4 aromatic rings. The van der Waals surface area contributed by atoms with Gasteiger partial charge in [-0.1, -0.05) is 6.07 Å². The summed E-state index contributed by atoms with van der Waals surface area (Å²) in [6.07, 6.45) is -5.28. The van der Waals surface area contributed by atoms with Crippen LogP contribution in [-0.4, -0.2) is 46.3 Å². The summed E-state index contributed by atoms with van der Waals surface area (Å²) >= 11 is 0. The highest BCUT2D eigenvalue weighted by Gasteiger charge is 2.42. The van der Waals surface area contributed by atoms with Crippen molar-refractivity contribution in [1.82, 2.24) is 19.9 Å². The van der Waals surface area contributed by atoms with Gasteiger partial charge in [-0.2, -0.15) is 18.2 Å². The Morgan fingerprint density at radius 3 is 2.32 bits per heavy atom. The Balaban J connectivity index is 1.81. The molecule has 9 nitrogen and oxygen atoms in total. The number of nitrogens with one attached hydrogen (secondary N) is 1. The summed E-state index contributed by atoms with van der Waals surface area (Å²) in [5.41, 5.74) is 0.527. The number of hydrogen-bond donors (Lipinski definition) is 1. The van der Waals surface area contributed by atoms with E-state index in [2.05, 4.69) is 30.0 Å². The van der Waals surface area contributed by atoms with Crippen LogP contribution in [-0.2, 0) is 4.79 Å². The molecule has 2 heterocycles. The third-order valence-electron chi connectivity index (χ3n) is 4.67. The molecule has 1 N–H and O–H groups in total. The largest absolute Gasteiger partial charge is 0.497 e. The van der Waals surface area contributed by atoms with E-state index in [4.69, 9.17) is 9.47 Å². The Morgan fingerprint density at radius 1 is 0.941 bits per heavy atom. The molecule has 2 aromatic heterocycles. The Bertz CT molecular complexity index is 1430. The van der Waals surface area contributed by atoms with Crippen LogP contribution in [0.4, 0.5) is 29.5 Å². The van der Waals surface area contributed by atoms with Crippen LogP contribution in [0.15, 0.2) is 30.3 Å². The van der Waals surface area contributed by atoms with Crippen LogP contribution in [0.2, 0.25) is 0 Å². The number of alkyl halides is 3. The number of methoxy groups -OCH3 is 2.